The normalized spacial score (nSPS) is 19.9. The largest absolute Gasteiger partial charge is 0.379 e. The van der Waals surface area contributed by atoms with E-state index in [1.165, 1.54) is 16.7 Å². The SMILES string of the molecule is Cc1ccc(C(CN2CCOCC2)NC(C)C(=O)N2CCN(Cc3ccccc3)CC2)cc1. The third kappa shape index (κ3) is 6.87. The molecule has 1 amide bonds. The highest BCUT2D eigenvalue weighted by molar-refractivity contribution is 5.81. The van der Waals surface area contributed by atoms with Crippen molar-refractivity contribution in [1.29, 1.82) is 0 Å². The van der Waals surface area contributed by atoms with Crippen molar-refractivity contribution in [1.82, 2.24) is 20.0 Å². The summed E-state index contributed by atoms with van der Waals surface area (Å²) in [5, 5.41) is 3.66. The van der Waals surface area contributed by atoms with E-state index < -0.39 is 0 Å². The molecule has 33 heavy (non-hydrogen) atoms. The summed E-state index contributed by atoms with van der Waals surface area (Å²) < 4.78 is 5.52. The average Bonchev–Trinajstić information content (AvgIpc) is 2.85. The number of carbonyl (C=O) groups is 1. The Morgan fingerprint density at radius 3 is 2.24 bits per heavy atom. The fraction of sp³-hybridized carbons (Fsp3) is 0.519. The van der Waals surface area contributed by atoms with Crippen molar-refractivity contribution in [3.63, 3.8) is 0 Å². The minimum absolute atomic E-state index is 0.113. The number of benzene rings is 2. The monoisotopic (exact) mass is 450 g/mol. The van der Waals surface area contributed by atoms with Gasteiger partial charge in [0.05, 0.1) is 19.3 Å². The molecule has 2 saturated heterocycles. The maximum Gasteiger partial charge on any atom is 0.239 e. The van der Waals surface area contributed by atoms with E-state index in [1.54, 1.807) is 0 Å². The Hall–Kier alpha value is -2.25. The third-order valence-electron chi connectivity index (χ3n) is 6.78. The lowest BCUT2D eigenvalue weighted by atomic mass is 10.0. The number of morpholine rings is 1. The Balaban J connectivity index is 1.33. The molecule has 0 aromatic heterocycles. The van der Waals surface area contributed by atoms with Gasteiger partial charge in [-0.15, -0.1) is 0 Å². The summed E-state index contributed by atoms with van der Waals surface area (Å²) in [5.41, 5.74) is 3.82. The van der Waals surface area contributed by atoms with Crippen molar-refractivity contribution in [2.45, 2.75) is 32.5 Å². The molecule has 1 N–H and O–H groups in total. The van der Waals surface area contributed by atoms with Gasteiger partial charge in [0.1, 0.15) is 0 Å². The maximum absolute atomic E-state index is 13.3. The Morgan fingerprint density at radius 1 is 0.909 bits per heavy atom. The summed E-state index contributed by atoms with van der Waals surface area (Å²) in [6.07, 6.45) is 0. The molecule has 0 spiro atoms. The van der Waals surface area contributed by atoms with Crippen LogP contribution in [-0.2, 0) is 16.1 Å². The van der Waals surface area contributed by atoms with Gasteiger partial charge in [-0.2, -0.15) is 0 Å². The lowest BCUT2D eigenvalue weighted by molar-refractivity contribution is -0.135. The molecule has 2 aliphatic heterocycles. The van der Waals surface area contributed by atoms with E-state index in [0.29, 0.717) is 0 Å². The molecule has 2 fully saturated rings. The topological polar surface area (TPSA) is 48.1 Å². The van der Waals surface area contributed by atoms with Gasteiger partial charge in [-0.25, -0.2) is 0 Å². The van der Waals surface area contributed by atoms with Crippen molar-refractivity contribution < 1.29 is 9.53 Å². The third-order valence-corrected chi connectivity index (χ3v) is 6.78. The van der Waals surface area contributed by atoms with Gasteiger partial charge in [0, 0.05) is 58.4 Å². The molecule has 0 bridgehead atoms. The lowest BCUT2D eigenvalue weighted by Gasteiger charge is -2.37. The molecule has 2 atom stereocenters. The van der Waals surface area contributed by atoms with E-state index in [4.69, 9.17) is 4.74 Å². The minimum Gasteiger partial charge on any atom is -0.379 e. The molecule has 0 aliphatic carbocycles. The van der Waals surface area contributed by atoms with Crippen LogP contribution in [0.4, 0.5) is 0 Å². The number of carbonyl (C=O) groups excluding carboxylic acids is 1. The number of nitrogens with one attached hydrogen (secondary N) is 1. The van der Waals surface area contributed by atoms with Gasteiger partial charge in [0.2, 0.25) is 5.91 Å². The van der Waals surface area contributed by atoms with Crippen LogP contribution >= 0.6 is 0 Å². The van der Waals surface area contributed by atoms with Gasteiger partial charge in [0.25, 0.3) is 0 Å². The Morgan fingerprint density at radius 2 is 1.58 bits per heavy atom. The van der Waals surface area contributed by atoms with Gasteiger partial charge in [-0.3, -0.25) is 19.9 Å². The number of nitrogens with zero attached hydrogens (tertiary/aromatic N) is 3. The van der Waals surface area contributed by atoms with Gasteiger partial charge < -0.3 is 9.64 Å². The second kappa shape index (κ2) is 11.7. The molecular formula is C27H38N4O2. The zero-order valence-electron chi connectivity index (χ0n) is 20.1. The molecule has 0 radical (unpaired) electrons. The molecule has 6 nitrogen and oxygen atoms in total. The van der Waals surface area contributed by atoms with E-state index in [9.17, 15) is 4.79 Å². The van der Waals surface area contributed by atoms with E-state index in [2.05, 4.69) is 76.6 Å². The summed E-state index contributed by atoms with van der Waals surface area (Å²) in [4.78, 5) is 20.2. The molecule has 6 heteroatoms. The smallest absolute Gasteiger partial charge is 0.239 e. The highest BCUT2D eigenvalue weighted by atomic mass is 16.5. The van der Waals surface area contributed by atoms with Crippen LogP contribution < -0.4 is 5.32 Å². The first-order valence-electron chi connectivity index (χ1n) is 12.3. The van der Waals surface area contributed by atoms with Crippen molar-refractivity contribution in [3.05, 3.63) is 71.3 Å². The molecule has 2 aliphatic rings. The van der Waals surface area contributed by atoms with Crippen LogP contribution in [0.3, 0.4) is 0 Å². The molecule has 178 valence electrons. The van der Waals surface area contributed by atoms with Crippen LogP contribution in [0.2, 0.25) is 0 Å². The van der Waals surface area contributed by atoms with Gasteiger partial charge in [-0.1, -0.05) is 60.2 Å². The van der Waals surface area contributed by atoms with Crippen molar-refractivity contribution in [2.24, 2.45) is 0 Å². The summed E-state index contributed by atoms with van der Waals surface area (Å²) in [6.45, 7) is 12.8. The summed E-state index contributed by atoms with van der Waals surface area (Å²) in [7, 11) is 0. The predicted molar refractivity (Wildman–Crippen MR) is 132 cm³/mol. The predicted octanol–water partition coefficient (Wildman–Crippen LogP) is 2.69. The number of ether oxygens (including phenoxy) is 1. The number of amides is 1. The molecule has 4 rings (SSSR count). The van der Waals surface area contributed by atoms with Crippen molar-refractivity contribution in [3.8, 4) is 0 Å². The second-order valence-electron chi connectivity index (χ2n) is 9.35. The van der Waals surface area contributed by atoms with E-state index in [-0.39, 0.29) is 18.0 Å². The van der Waals surface area contributed by atoms with E-state index in [1.807, 2.05) is 11.8 Å². The van der Waals surface area contributed by atoms with Gasteiger partial charge >= 0.3 is 0 Å². The quantitative estimate of drug-likeness (QED) is 0.670. The first kappa shape index (κ1) is 23.9. The Labute approximate surface area is 198 Å². The molecule has 2 unspecified atom stereocenters. The Bertz CT molecular complexity index is 859. The van der Waals surface area contributed by atoms with Crippen LogP contribution in [0.25, 0.3) is 0 Å². The van der Waals surface area contributed by atoms with Gasteiger partial charge in [0.15, 0.2) is 0 Å². The molecule has 2 aromatic carbocycles. The number of hydrogen-bond acceptors (Lipinski definition) is 5. The first-order chi connectivity index (χ1) is 16.1. The van der Waals surface area contributed by atoms with E-state index >= 15 is 0 Å². The van der Waals surface area contributed by atoms with Crippen LogP contribution in [0.1, 0.15) is 29.7 Å². The number of rotatable bonds is 8. The van der Waals surface area contributed by atoms with Crippen molar-refractivity contribution in [2.75, 3.05) is 59.0 Å². The number of piperazine rings is 1. The standard InChI is InChI=1S/C27H38N4O2/c1-22-8-10-25(11-9-22)26(21-30-16-18-33-19-17-30)28-23(2)27(32)31-14-12-29(13-15-31)20-24-6-4-3-5-7-24/h3-11,23,26,28H,12-21H2,1-2H3. The first-order valence-corrected chi connectivity index (χ1v) is 12.3. The molecule has 0 saturated carbocycles. The van der Waals surface area contributed by atoms with Gasteiger partial charge in [-0.05, 0) is 25.0 Å². The Kier molecular flexibility index (Phi) is 8.51. The average molecular weight is 451 g/mol. The molecule has 2 heterocycles. The zero-order chi connectivity index (χ0) is 23.0. The van der Waals surface area contributed by atoms with Crippen LogP contribution in [-0.4, -0.2) is 85.7 Å². The van der Waals surface area contributed by atoms with Crippen molar-refractivity contribution >= 4 is 5.91 Å². The maximum atomic E-state index is 13.3. The summed E-state index contributed by atoms with van der Waals surface area (Å²) in [6, 6.07) is 19.1. The van der Waals surface area contributed by atoms with Crippen LogP contribution in [0.5, 0.6) is 0 Å². The molecular weight excluding hydrogens is 412 g/mol. The summed E-state index contributed by atoms with van der Waals surface area (Å²) >= 11 is 0. The fourth-order valence-electron chi connectivity index (χ4n) is 4.71. The minimum atomic E-state index is -0.224. The fourth-order valence-corrected chi connectivity index (χ4v) is 4.71. The zero-order valence-corrected chi connectivity index (χ0v) is 20.1. The highest BCUT2D eigenvalue weighted by Gasteiger charge is 2.28. The van der Waals surface area contributed by atoms with E-state index in [0.717, 1.165) is 65.6 Å². The lowest BCUT2D eigenvalue weighted by Crippen LogP contribution is -2.54. The highest BCUT2D eigenvalue weighted by Crippen LogP contribution is 2.18. The number of hydrogen-bond donors (Lipinski definition) is 1. The second-order valence-corrected chi connectivity index (χ2v) is 9.35. The van der Waals surface area contributed by atoms with Crippen LogP contribution in [0, 0.1) is 6.92 Å². The van der Waals surface area contributed by atoms with Crippen LogP contribution in [0.15, 0.2) is 54.6 Å². The molecule has 2 aromatic rings. The summed E-state index contributed by atoms with van der Waals surface area (Å²) in [5.74, 6) is 0.202. The number of aryl methyl sites for hydroxylation is 1.